The van der Waals surface area contributed by atoms with E-state index in [1.54, 1.807) is 0 Å². The Hall–Kier alpha value is -2.48. The summed E-state index contributed by atoms with van der Waals surface area (Å²) in [5, 5.41) is 0. The second kappa shape index (κ2) is 7.41. The molecular formula is C24H28N2. The number of aromatic nitrogens is 2. The summed E-state index contributed by atoms with van der Waals surface area (Å²) >= 11 is 0. The Morgan fingerprint density at radius 2 is 1.00 bits per heavy atom. The predicted octanol–water partition coefficient (Wildman–Crippen LogP) is 6.01. The summed E-state index contributed by atoms with van der Waals surface area (Å²) in [5.74, 6) is 0.680. The van der Waals surface area contributed by atoms with Crippen LogP contribution in [0.4, 0.5) is 0 Å². The highest BCUT2D eigenvalue weighted by molar-refractivity contribution is 5.46. The van der Waals surface area contributed by atoms with Gasteiger partial charge in [-0.05, 0) is 73.2 Å². The first-order valence-electron chi connectivity index (χ1n) is 9.33. The van der Waals surface area contributed by atoms with Crippen molar-refractivity contribution in [1.82, 2.24) is 9.97 Å². The van der Waals surface area contributed by atoms with Crippen molar-refractivity contribution < 1.29 is 0 Å². The van der Waals surface area contributed by atoms with E-state index in [9.17, 15) is 0 Å². The van der Waals surface area contributed by atoms with E-state index in [0.29, 0.717) is 11.8 Å². The van der Waals surface area contributed by atoms with Crippen LogP contribution < -0.4 is 0 Å². The summed E-state index contributed by atoms with van der Waals surface area (Å²) in [6.45, 7) is 13.0. The van der Waals surface area contributed by atoms with Gasteiger partial charge in [-0.25, -0.2) is 0 Å². The standard InChI is InChI=1S/C24H28N2/c1-15-11-24(20(6)22-10-8-18(4)26-14-22)16(2)12-23(15)19(5)21-9-7-17(3)25-13-21/h7-14,19-20H,1-6H3/t19-,20-/m1/s1. The van der Waals surface area contributed by atoms with Crippen molar-refractivity contribution in [2.45, 2.75) is 53.4 Å². The Kier molecular flexibility index (Phi) is 5.22. The van der Waals surface area contributed by atoms with Crippen LogP contribution in [0, 0.1) is 27.7 Å². The van der Waals surface area contributed by atoms with E-state index >= 15 is 0 Å². The van der Waals surface area contributed by atoms with Crippen LogP contribution in [0.1, 0.15) is 70.5 Å². The molecule has 0 aliphatic heterocycles. The molecule has 0 radical (unpaired) electrons. The summed E-state index contributed by atoms with van der Waals surface area (Å²) in [4.78, 5) is 8.93. The summed E-state index contributed by atoms with van der Waals surface area (Å²) in [7, 11) is 0. The maximum atomic E-state index is 4.46. The molecule has 2 nitrogen and oxygen atoms in total. The van der Waals surface area contributed by atoms with Gasteiger partial charge in [0.05, 0.1) is 0 Å². The predicted molar refractivity (Wildman–Crippen MR) is 109 cm³/mol. The lowest BCUT2D eigenvalue weighted by molar-refractivity contribution is 0.866. The average molecular weight is 345 g/mol. The molecule has 0 amide bonds. The van der Waals surface area contributed by atoms with Crippen molar-refractivity contribution >= 4 is 0 Å². The molecule has 0 aliphatic rings. The number of hydrogen-bond donors (Lipinski definition) is 0. The van der Waals surface area contributed by atoms with E-state index in [2.05, 4.69) is 74.1 Å². The Bertz CT molecular complexity index is 815. The van der Waals surface area contributed by atoms with Crippen LogP contribution in [-0.4, -0.2) is 9.97 Å². The van der Waals surface area contributed by atoms with Crippen molar-refractivity contribution in [3.05, 3.63) is 93.6 Å². The van der Waals surface area contributed by atoms with E-state index in [1.165, 1.54) is 33.4 Å². The lowest BCUT2D eigenvalue weighted by atomic mass is 9.84. The molecule has 1 aromatic carbocycles. The molecule has 3 rings (SSSR count). The van der Waals surface area contributed by atoms with E-state index in [-0.39, 0.29) is 0 Å². The molecule has 0 spiro atoms. The second-order valence-electron chi connectivity index (χ2n) is 7.47. The minimum Gasteiger partial charge on any atom is -0.261 e. The van der Waals surface area contributed by atoms with Gasteiger partial charge in [0.15, 0.2) is 0 Å². The molecule has 26 heavy (non-hydrogen) atoms. The molecule has 3 aromatic rings. The number of hydrogen-bond acceptors (Lipinski definition) is 2. The van der Waals surface area contributed by atoms with Gasteiger partial charge in [0.2, 0.25) is 0 Å². The molecule has 0 saturated heterocycles. The van der Waals surface area contributed by atoms with Crippen LogP contribution in [0.25, 0.3) is 0 Å². The van der Waals surface area contributed by atoms with Crippen molar-refractivity contribution in [1.29, 1.82) is 0 Å². The van der Waals surface area contributed by atoms with Gasteiger partial charge in [-0.3, -0.25) is 9.97 Å². The monoisotopic (exact) mass is 344 g/mol. The van der Waals surface area contributed by atoms with Gasteiger partial charge in [-0.2, -0.15) is 0 Å². The minimum atomic E-state index is 0.340. The fraction of sp³-hybridized carbons (Fsp3) is 0.333. The van der Waals surface area contributed by atoms with Crippen LogP contribution in [0.5, 0.6) is 0 Å². The van der Waals surface area contributed by atoms with E-state index in [0.717, 1.165) is 11.4 Å². The zero-order valence-corrected chi connectivity index (χ0v) is 16.7. The van der Waals surface area contributed by atoms with Crippen molar-refractivity contribution in [2.24, 2.45) is 0 Å². The fourth-order valence-electron chi connectivity index (χ4n) is 3.62. The van der Waals surface area contributed by atoms with Gasteiger partial charge in [-0.15, -0.1) is 0 Å². The third kappa shape index (κ3) is 3.70. The van der Waals surface area contributed by atoms with Crippen LogP contribution in [0.15, 0.2) is 48.8 Å². The Balaban J connectivity index is 1.95. The first-order chi connectivity index (χ1) is 12.4. The maximum Gasteiger partial charge on any atom is 0.0372 e. The normalized spacial score (nSPS) is 13.5. The lowest BCUT2D eigenvalue weighted by Gasteiger charge is -2.21. The van der Waals surface area contributed by atoms with Crippen LogP contribution >= 0.6 is 0 Å². The first-order valence-corrected chi connectivity index (χ1v) is 9.33. The number of rotatable bonds is 4. The molecule has 0 N–H and O–H groups in total. The Labute approximate surface area is 157 Å². The van der Waals surface area contributed by atoms with Gasteiger partial charge >= 0.3 is 0 Å². The van der Waals surface area contributed by atoms with E-state index in [4.69, 9.17) is 0 Å². The van der Waals surface area contributed by atoms with Crippen molar-refractivity contribution in [3.8, 4) is 0 Å². The molecular weight excluding hydrogens is 316 g/mol. The maximum absolute atomic E-state index is 4.46. The Morgan fingerprint density at radius 3 is 1.31 bits per heavy atom. The molecule has 0 bridgehead atoms. The zero-order chi connectivity index (χ0) is 18.8. The smallest absolute Gasteiger partial charge is 0.0372 e. The second-order valence-corrected chi connectivity index (χ2v) is 7.47. The molecule has 2 aromatic heterocycles. The molecule has 0 fully saturated rings. The molecule has 0 unspecified atom stereocenters. The van der Waals surface area contributed by atoms with Gasteiger partial charge in [0, 0.05) is 35.6 Å². The topological polar surface area (TPSA) is 25.8 Å². The number of nitrogens with zero attached hydrogens (tertiary/aromatic N) is 2. The number of benzene rings is 1. The SMILES string of the molecule is Cc1ccc([C@@H](C)c2cc(C)c([C@H](C)c3ccc(C)nc3)cc2C)cn1. The van der Waals surface area contributed by atoms with E-state index < -0.39 is 0 Å². The van der Waals surface area contributed by atoms with Gasteiger partial charge in [0.25, 0.3) is 0 Å². The third-order valence-electron chi connectivity index (χ3n) is 5.46. The summed E-state index contributed by atoms with van der Waals surface area (Å²) in [5.41, 5.74) is 10.1. The molecule has 0 saturated carbocycles. The third-order valence-corrected chi connectivity index (χ3v) is 5.46. The van der Waals surface area contributed by atoms with Crippen molar-refractivity contribution in [3.63, 3.8) is 0 Å². The highest BCUT2D eigenvalue weighted by atomic mass is 14.7. The van der Waals surface area contributed by atoms with Gasteiger partial charge < -0.3 is 0 Å². The summed E-state index contributed by atoms with van der Waals surface area (Å²) in [6, 6.07) is 13.3. The Morgan fingerprint density at radius 1 is 0.615 bits per heavy atom. The largest absolute Gasteiger partial charge is 0.261 e. The number of aryl methyl sites for hydroxylation is 4. The van der Waals surface area contributed by atoms with Gasteiger partial charge in [0.1, 0.15) is 0 Å². The molecule has 0 aliphatic carbocycles. The lowest BCUT2D eigenvalue weighted by Crippen LogP contribution is -2.05. The molecule has 2 heteroatoms. The highest BCUT2D eigenvalue weighted by Gasteiger charge is 2.17. The fourth-order valence-corrected chi connectivity index (χ4v) is 3.62. The van der Waals surface area contributed by atoms with E-state index in [1.807, 2.05) is 26.2 Å². The molecule has 2 atom stereocenters. The highest BCUT2D eigenvalue weighted by Crippen LogP contribution is 2.33. The molecule has 2 heterocycles. The minimum absolute atomic E-state index is 0.340. The van der Waals surface area contributed by atoms with Crippen LogP contribution in [-0.2, 0) is 0 Å². The van der Waals surface area contributed by atoms with Crippen molar-refractivity contribution in [2.75, 3.05) is 0 Å². The van der Waals surface area contributed by atoms with Crippen LogP contribution in [0.3, 0.4) is 0 Å². The summed E-state index contributed by atoms with van der Waals surface area (Å²) < 4.78 is 0. The average Bonchev–Trinajstić information content (AvgIpc) is 2.63. The van der Waals surface area contributed by atoms with Crippen LogP contribution in [0.2, 0.25) is 0 Å². The van der Waals surface area contributed by atoms with Gasteiger partial charge in [-0.1, -0.05) is 38.1 Å². The zero-order valence-electron chi connectivity index (χ0n) is 16.7. The first kappa shape index (κ1) is 18.3. The quantitative estimate of drug-likeness (QED) is 0.579. The number of pyridine rings is 2. The summed E-state index contributed by atoms with van der Waals surface area (Å²) in [6.07, 6.45) is 4.01. The molecule has 134 valence electrons.